The fourth-order valence-corrected chi connectivity index (χ4v) is 3.32. The summed E-state index contributed by atoms with van der Waals surface area (Å²) in [5.74, 6) is -0.232. The highest BCUT2D eigenvalue weighted by atomic mass is 16.3. The number of nitrogen functional groups attached to an aromatic ring is 1. The maximum absolute atomic E-state index is 13.0. The van der Waals surface area contributed by atoms with Gasteiger partial charge < -0.3 is 20.9 Å². The zero-order chi connectivity index (χ0) is 19.8. The lowest BCUT2D eigenvalue weighted by Gasteiger charge is -2.27. The number of amides is 1. The van der Waals surface area contributed by atoms with Crippen LogP contribution in [0.25, 0.3) is 0 Å². The molecule has 0 aliphatic carbocycles. The number of allylic oxidation sites excluding steroid dienone is 2. The Morgan fingerprint density at radius 2 is 2.14 bits per heavy atom. The van der Waals surface area contributed by atoms with E-state index in [1.54, 1.807) is 24.3 Å². The van der Waals surface area contributed by atoms with Crippen LogP contribution in [0.1, 0.15) is 27.8 Å². The van der Waals surface area contributed by atoms with Gasteiger partial charge in [-0.3, -0.25) is 15.2 Å². The molecular formula is C20H24N6O2. The third kappa shape index (κ3) is 2.95. The van der Waals surface area contributed by atoms with Gasteiger partial charge in [-0.15, -0.1) is 5.53 Å². The molecule has 146 valence electrons. The third-order valence-electron chi connectivity index (χ3n) is 4.73. The molecule has 1 amide bonds. The van der Waals surface area contributed by atoms with E-state index in [0.717, 1.165) is 17.0 Å². The monoisotopic (exact) mass is 380 g/mol. The molecule has 3 heterocycles. The predicted octanol–water partition coefficient (Wildman–Crippen LogP) is 3.11. The highest BCUT2D eigenvalue weighted by Gasteiger charge is 2.27. The molecule has 0 atom stereocenters. The number of fused-ring (bicyclic) bond motifs is 1. The molecule has 0 radical (unpaired) electrons. The van der Waals surface area contributed by atoms with Crippen molar-refractivity contribution < 1.29 is 12.1 Å². The molecule has 0 fully saturated rings. The number of hydrazine groups is 2. The standard InChI is InChI=1S/C20H20N6O2.2H2/c1-11-7-15-9-23-25-26(15)12(2)18(11)20(27)24-14-3-4-17(21)16(8-14)19(22)13-5-6-28-10-13;;/h3-10,22-23,25H,21H2,1-2H3,(H,24,27);2*1H. The van der Waals surface area contributed by atoms with Crippen LogP contribution in [0.15, 0.2) is 76.0 Å². The Hall–Kier alpha value is -3.78. The summed E-state index contributed by atoms with van der Waals surface area (Å²) < 4.78 is 5.05. The number of nitrogens with one attached hydrogen (secondary N) is 4. The van der Waals surface area contributed by atoms with E-state index in [1.165, 1.54) is 12.5 Å². The Morgan fingerprint density at radius 1 is 1.32 bits per heavy atom. The zero-order valence-corrected chi connectivity index (χ0v) is 15.5. The fourth-order valence-electron chi connectivity index (χ4n) is 3.32. The second kappa shape index (κ2) is 6.75. The number of carbonyl (C=O) groups excluding carboxylic acids is 1. The molecule has 0 unspecified atom stereocenters. The highest BCUT2D eigenvalue weighted by molar-refractivity contribution is 6.15. The van der Waals surface area contributed by atoms with E-state index in [1.807, 2.05) is 31.1 Å². The SMILES string of the molecule is CC1=CC2=CNNN2C(C)=C1C(=O)Nc1ccc(N)c(C(=N)c2ccoc2)c1.[HH].[HH]. The van der Waals surface area contributed by atoms with Gasteiger partial charge in [0.15, 0.2) is 0 Å². The Bertz CT molecular complexity index is 1070. The summed E-state index contributed by atoms with van der Waals surface area (Å²) in [5.41, 5.74) is 17.5. The van der Waals surface area contributed by atoms with Gasteiger partial charge in [0.25, 0.3) is 5.91 Å². The van der Waals surface area contributed by atoms with Crippen molar-refractivity contribution in [2.45, 2.75) is 13.8 Å². The van der Waals surface area contributed by atoms with Crippen LogP contribution in [0, 0.1) is 5.41 Å². The fraction of sp³-hybridized carbons (Fsp3) is 0.100. The molecule has 1 aromatic carbocycles. The number of carbonyl (C=O) groups is 1. The first kappa shape index (κ1) is 17.6. The van der Waals surface area contributed by atoms with Gasteiger partial charge in [-0.05, 0) is 49.8 Å². The van der Waals surface area contributed by atoms with E-state index >= 15 is 0 Å². The van der Waals surface area contributed by atoms with Gasteiger partial charge in [-0.25, -0.2) is 0 Å². The van der Waals surface area contributed by atoms with Crippen LogP contribution in [-0.2, 0) is 4.79 Å². The molecule has 28 heavy (non-hydrogen) atoms. The summed E-state index contributed by atoms with van der Waals surface area (Å²) in [5, 5.41) is 13.1. The van der Waals surface area contributed by atoms with Crippen molar-refractivity contribution >= 4 is 23.0 Å². The smallest absolute Gasteiger partial charge is 0.257 e. The summed E-state index contributed by atoms with van der Waals surface area (Å²) in [7, 11) is 0. The summed E-state index contributed by atoms with van der Waals surface area (Å²) in [6, 6.07) is 6.79. The van der Waals surface area contributed by atoms with Crippen molar-refractivity contribution in [3.63, 3.8) is 0 Å². The van der Waals surface area contributed by atoms with Crippen molar-refractivity contribution in [3.8, 4) is 0 Å². The minimum Gasteiger partial charge on any atom is -0.472 e. The van der Waals surface area contributed by atoms with Crippen molar-refractivity contribution in [2.75, 3.05) is 11.1 Å². The summed E-state index contributed by atoms with van der Waals surface area (Å²) in [4.78, 5) is 13.0. The molecule has 4 rings (SSSR count). The second-order valence-electron chi connectivity index (χ2n) is 6.59. The van der Waals surface area contributed by atoms with Gasteiger partial charge in [0.1, 0.15) is 0 Å². The van der Waals surface area contributed by atoms with Crippen LogP contribution in [0.4, 0.5) is 11.4 Å². The molecular weight excluding hydrogens is 356 g/mol. The predicted molar refractivity (Wildman–Crippen MR) is 111 cm³/mol. The lowest BCUT2D eigenvalue weighted by Crippen LogP contribution is -2.38. The van der Waals surface area contributed by atoms with Gasteiger partial charge in [0.2, 0.25) is 0 Å². The first-order chi connectivity index (χ1) is 13.5. The Morgan fingerprint density at radius 3 is 2.89 bits per heavy atom. The molecule has 1 aromatic heterocycles. The Balaban J connectivity index is 0.00000160. The number of nitrogens with two attached hydrogens (primary N) is 1. The zero-order valence-electron chi connectivity index (χ0n) is 15.5. The number of hydrogen-bond acceptors (Lipinski definition) is 7. The van der Waals surface area contributed by atoms with Crippen LogP contribution in [0.2, 0.25) is 0 Å². The number of rotatable bonds is 4. The van der Waals surface area contributed by atoms with Crippen LogP contribution in [0.3, 0.4) is 0 Å². The molecule has 0 saturated heterocycles. The third-order valence-corrected chi connectivity index (χ3v) is 4.73. The number of nitrogens with zero attached hydrogens (tertiary/aromatic N) is 1. The Kier molecular flexibility index (Phi) is 4.25. The molecule has 2 aliphatic rings. The maximum atomic E-state index is 13.0. The first-order valence-corrected chi connectivity index (χ1v) is 8.69. The molecule has 8 nitrogen and oxygen atoms in total. The van der Waals surface area contributed by atoms with E-state index in [0.29, 0.717) is 28.1 Å². The highest BCUT2D eigenvalue weighted by Crippen LogP contribution is 2.30. The average Bonchev–Trinajstić information content (AvgIpc) is 3.34. The minimum absolute atomic E-state index is 0. The van der Waals surface area contributed by atoms with Crippen LogP contribution >= 0.6 is 0 Å². The van der Waals surface area contributed by atoms with Crippen molar-refractivity contribution in [1.82, 2.24) is 16.0 Å². The van der Waals surface area contributed by atoms with E-state index < -0.39 is 0 Å². The topological polar surface area (TPSA) is 119 Å². The van der Waals surface area contributed by atoms with Crippen molar-refractivity contribution in [2.24, 2.45) is 0 Å². The molecule has 0 spiro atoms. The number of anilines is 2. The number of furan rings is 1. The first-order valence-electron chi connectivity index (χ1n) is 8.69. The number of benzene rings is 1. The normalized spacial score (nSPS) is 15.6. The van der Waals surface area contributed by atoms with Crippen LogP contribution in [0.5, 0.6) is 0 Å². The van der Waals surface area contributed by atoms with E-state index in [-0.39, 0.29) is 14.5 Å². The van der Waals surface area contributed by atoms with E-state index in [9.17, 15) is 4.79 Å². The summed E-state index contributed by atoms with van der Waals surface area (Å²) in [6.07, 6.45) is 6.75. The minimum atomic E-state index is -0.232. The van der Waals surface area contributed by atoms with E-state index in [2.05, 4.69) is 16.3 Å². The molecule has 0 bridgehead atoms. The van der Waals surface area contributed by atoms with Gasteiger partial charge in [0, 0.05) is 37.3 Å². The second-order valence-corrected chi connectivity index (χ2v) is 6.59. The Labute approximate surface area is 164 Å². The molecule has 2 aliphatic heterocycles. The molecule has 6 N–H and O–H groups in total. The number of hydrogen-bond donors (Lipinski definition) is 5. The van der Waals surface area contributed by atoms with Gasteiger partial charge >= 0.3 is 0 Å². The molecule has 8 heteroatoms. The maximum Gasteiger partial charge on any atom is 0.257 e. The van der Waals surface area contributed by atoms with Gasteiger partial charge in [-0.1, -0.05) is 0 Å². The quantitative estimate of drug-likeness (QED) is 0.411. The summed E-state index contributed by atoms with van der Waals surface area (Å²) >= 11 is 0. The summed E-state index contributed by atoms with van der Waals surface area (Å²) in [6.45, 7) is 3.78. The van der Waals surface area contributed by atoms with Crippen molar-refractivity contribution in [3.05, 3.63) is 82.7 Å². The van der Waals surface area contributed by atoms with Crippen LogP contribution < -0.4 is 22.0 Å². The van der Waals surface area contributed by atoms with Crippen molar-refractivity contribution in [1.29, 1.82) is 5.41 Å². The van der Waals surface area contributed by atoms with Crippen LogP contribution in [-0.4, -0.2) is 16.6 Å². The lowest BCUT2D eigenvalue weighted by atomic mass is 9.99. The van der Waals surface area contributed by atoms with Gasteiger partial charge in [-0.2, -0.15) is 0 Å². The molecule has 2 aromatic rings. The molecule has 0 saturated carbocycles. The lowest BCUT2D eigenvalue weighted by molar-refractivity contribution is -0.112. The van der Waals surface area contributed by atoms with E-state index in [4.69, 9.17) is 15.6 Å². The average molecular weight is 380 g/mol. The largest absolute Gasteiger partial charge is 0.472 e. The van der Waals surface area contributed by atoms with Gasteiger partial charge in [0.05, 0.1) is 29.5 Å².